The minimum absolute atomic E-state index is 0.320. The molecule has 0 aliphatic rings. The molecule has 0 atom stereocenters. The number of anilines is 1. The van der Waals surface area contributed by atoms with Crippen LogP contribution in [0.15, 0.2) is 12.4 Å². The maximum Gasteiger partial charge on any atom is 0.219 e. The average molecular weight is 120 g/mol. The standard InChI is InChI=1S/C5H7BN3/c1-6-4-2-8-5(7)9-3-4/h2-3H,1H3,(H2,7,8,9). The molecule has 0 unspecified atom stereocenters. The molecule has 3 nitrogen and oxygen atoms in total. The molecule has 0 spiro atoms. The summed E-state index contributed by atoms with van der Waals surface area (Å²) in [6, 6.07) is 0. The van der Waals surface area contributed by atoms with Gasteiger partial charge < -0.3 is 5.73 Å². The van der Waals surface area contributed by atoms with Crippen LogP contribution < -0.4 is 11.2 Å². The van der Waals surface area contributed by atoms with Gasteiger partial charge in [-0.2, -0.15) is 0 Å². The van der Waals surface area contributed by atoms with Crippen molar-refractivity contribution < 1.29 is 0 Å². The zero-order chi connectivity index (χ0) is 6.69. The van der Waals surface area contributed by atoms with Gasteiger partial charge in [-0.25, -0.2) is 9.97 Å². The summed E-state index contributed by atoms with van der Waals surface area (Å²) in [7, 11) is 1.92. The molecule has 1 rings (SSSR count). The van der Waals surface area contributed by atoms with Crippen LogP contribution in [0, 0.1) is 0 Å². The molecule has 0 fully saturated rings. The third-order valence-electron chi connectivity index (χ3n) is 1.03. The lowest BCUT2D eigenvalue weighted by atomic mass is 9.75. The monoisotopic (exact) mass is 120 g/mol. The summed E-state index contributed by atoms with van der Waals surface area (Å²) in [5.41, 5.74) is 6.24. The van der Waals surface area contributed by atoms with Gasteiger partial charge in [-0.3, -0.25) is 0 Å². The topological polar surface area (TPSA) is 51.8 Å². The fourth-order valence-electron chi connectivity index (χ4n) is 0.497. The van der Waals surface area contributed by atoms with Gasteiger partial charge in [-0.15, -0.1) is 0 Å². The highest BCUT2D eigenvalue weighted by molar-refractivity contribution is 6.51. The zero-order valence-electron chi connectivity index (χ0n) is 5.20. The third-order valence-corrected chi connectivity index (χ3v) is 1.03. The van der Waals surface area contributed by atoms with Crippen molar-refractivity contribution in [3.63, 3.8) is 0 Å². The van der Waals surface area contributed by atoms with Crippen LogP contribution in [-0.4, -0.2) is 17.2 Å². The Morgan fingerprint density at radius 1 is 1.44 bits per heavy atom. The summed E-state index contributed by atoms with van der Waals surface area (Å²) >= 11 is 0. The van der Waals surface area contributed by atoms with E-state index >= 15 is 0 Å². The Bertz CT molecular complexity index is 184. The molecule has 0 bridgehead atoms. The molecule has 0 amide bonds. The minimum Gasteiger partial charge on any atom is -0.368 e. The molecule has 4 heteroatoms. The smallest absolute Gasteiger partial charge is 0.219 e. The summed E-state index contributed by atoms with van der Waals surface area (Å²) in [5, 5.41) is 0. The van der Waals surface area contributed by atoms with Crippen LogP contribution in [0.5, 0.6) is 0 Å². The van der Waals surface area contributed by atoms with Crippen LogP contribution in [-0.2, 0) is 0 Å². The Morgan fingerprint density at radius 2 is 2.00 bits per heavy atom. The predicted molar refractivity (Wildman–Crippen MR) is 37.7 cm³/mol. The number of nitrogen functional groups attached to an aromatic ring is 1. The minimum atomic E-state index is 0.320. The number of rotatable bonds is 1. The molecule has 45 valence electrons. The van der Waals surface area contributed by atoms with Crippen LogP contribution in [0.1, 0.15) is 0 Å². The Balaban J connectivity index is 2.88. The van der Waals surface area contributed by atoms with Gasteiger partial charge in [0, 0.05) is 12.4 Å². The lowest BCUT2D eigenvalue weighted by molar-refractivity contribution is 1.20. The first-order valence-corrected chi connectivity index (χ1v) is 2.70. The highest BCUT2D eigenvalue weighted by Crippen LogP contribution is 1.81. The number of aromatic nitrogens is 2. The first-order valence-electron chi connectivity index (χ1n) is 2.70. The Morgan fingerprint density at radius 3 is 2.44 bits per heavy atom. The summed E-state index contributed by atoms with van der Waals surface area (Å²) in [5.74, 6) is 0.320. The van der Waals surface area contributed by atoms with E-state index in [9.17, 15) is 0 Å². The van der Waals surface area contributed by atoms with E-state index in [1.165, 1.54) is 0 Å². The molecule has 1 radical (unpaired) electrons. The Hall–Kier alpha value is -1.06. The summed E-state index contributed by atoms with van der Waals surface area (Å²) in [6.45, 7) is 1.93. The highest BCUT2D eigenvalue weighted by atomic mass is 15.0. The molecule has 1 aromatic heterocycles. The van der Waals surface area contributed by atoms with Crippen molar-refractivity contribution >= 4 is 18.7 Å². The van der Waals surface area contributed by atoms with Crippen molar-refractivity contribution in [2.24, 2.45) is 0 Å². The van der Waals surface area contributed by atoms with E-state index in [2.05, 4.69) is 9.97 Å². The quantitative estimate of drug-likeness (QED) is 0.505. The van der Waals surface area contributed by atoms with Crippen LogP contribution in [0.25, 0.3) is 0 Å². The molecule has 0 saturated heterocycles. The predicted octanol–water partition coefficient (Wildman–Crippen LogP) is -0.564. The van der Waals surface area contributed by atoms with E-state index in [0.717, 1.165) is 5.46 Å². The Kier molecular flexibility index (Phi) is 1.67. The summed E-state index contributed by atoms with van der Waals surface area (Å²) in [4.78, 5) is 7.57. The average Bonchev–Trinajstić information content (AvgIpc) is 1.90. The van der Waals surface area contributed by atoms with Gasteiger partial charge >= 0.3 is 0 Å². The van der Waals surface area contributed by atoms with Crippen molar-refractivity contribution in [1.29, 1.82) is 0 Å². The first-order chi connectivity index (χ1) is 4.33. The second kappa shape index (κ2) is 2.48. The van der Waals surface area contributed by atoms with E-state index in [4.69, 9.17) is 5.73 Å². The number of hydrogen-bond acceptors (Lipinski definition) is 3. The molecule has 0 aromatic carbocycles. The molecule has 0 aliphatic heterocycles. The van der Waals surface area contributed by atoms with Gasteiger partial charge in [-0.1, -0.05) is 12.3 Å². The SMILES string of the molecule is C[B]c1cnc(N)nc1. The zero-order valence-corrected chi connectivity index (χ0v) is 5.20. The number of nitrogens with two attached hydrogens (primary N) is 1. The van der Waals surface area contributed by atoms with Crippen LogP contribution in [0.2, 0.25) is 6.82 Å². The Labute approximate surface area is 54.6 Å². The van der Waals surface area contributed by atoms with Crippen molar-refractivity contribution in [3.8, 4) is 0 Å². The van der Waals surface area contributed by atoms with Gasteiger partial charge in [0.25, 0.3) is 0 Å². The third kappa shape index (κ3) is 1.42. The number of hydrogen-bond donors (Lipinski definition) is 1. The maximum atomic E-state index is 5.25. The summed E-state index contributed by atoms with van der Waals surface area (Å²) < 4.78 is 0. The van der Waals surface area contributed by atoms with Gasteiger partial charge in [0.15, 0.2) is 7.28 Å². The van der Waals surface area contributed by atoms with Crippen LogP contribution in [0.3, 0.4) is 0 Å². The fraction of sp³-hybridized carbons (Fsp3) is 0.200. The molecule has 1 heterocycles. The van der Waals surface area contributed by atoms with E-state index < -0.39 is 0 Å². The molecule has 2 N–H and O–H groups in total. The molecule has 0 saturated carbocycles. The second-order valence-corrected chi connectivity index (χ2v) is 1.66. The lowest BCUT2D eigenvalue weighted by Crippen LogP contribution is -2.12. The largest absolute Gasteiger partial charge is 0.368 e. The molecular weight excluding hydrogens is 113 g/mol. The maximum absolute atomic E-state index is 5.25. The fourth-order valence-corrected chi connectivity index (χ4v) is 0.497. The van der Waals surface area contributed by atoms with Crippen molar-refractivity contribution in [3.05, 3.63) is 12.4 Å². The number of nitrogens with zero attached hydrogens (tertiary/aromatic N) is 2. The normalized spacial score (nSPS) is 9.00. The summed E-state index contributed by atoms with van der Waals surface area (Å²) in [6.07, 6.45) is 3.37. The van der Waals surface area contributed by atoms with Crippen molar-refractivity contribution in [1.82, 2.24) is 9.97 Å². The molecule has 0 aliphatic carbocycles. The molecule has 9 heavy (non-hydrogen) atoms. The first kappa shape index (κ1) is 6.07. The lowest BCUT2D eigenvalue weighted by Gasteiger charge is -1.91. The van der Waals surface area contributed by atoms with Gasteiger partial charge in [0.05, 0.1) is 0 Å². The van der Waals surface area contributed by atoms with E-state index in [1.54, 1.807) is 12.4 Å². The molecule has 1 aromatic rings. The second-order valence-electron chi connectivity index (χ2n) is 1.66. The van der Waals surface area contributed by atoms with Gasteiger partial charge in [-0.05, 0) is 0 Å². The van der Waals surface area contributed by atoms with E-state index in [0.29, 0.717) is 5.95 Å². The van der Waals surface area contributed by atoms with Gasteiger partial charge in [0.1, 0.15) is 0 Å². The van der Waals surface area contributed by atoms with E-state index in [1.807, 2.05) is 14.1 Å². The van der Waals surface area contributed by atoms with Crippen LogP contribution >= 0.6 is 0 Å². The van der Waals surface area contributed by atoms with E-state index in [-0.39, 0.29) is 0 Å². The van der Waals surface area contributed by atoms with Gasteiger partial charge in [0.2, 0.25) is 5.95 Å². The van der Waals surface area contributed by atoms with Crippen LogP contribution in [0.4, 0.5) is 5.95 Å². The highest BCUT2D eigenvalue weighted by Gasteiger charge is 1.89. The van der Waals surface area contributed by atoms with Crippen molar-refractivity contribution in [2.75, 3.05) is 5.73 Å². The van der Waals surface area contributed by atoms with Crippen molar-refractivity contribution in [2.45, 2.75) is 6.82 Å². The molecular formula is C5H7BN3.